The minimum absolute atomic E-state index is 0.0278. The van der Waals surface area contributed by atoms with E-state index >= 15 is 0 Å². The van der Waals surface area contributed by atoms with E-state index in [2.05, 4.69) is 4.90 Å². The predicted molar refractivity (Wildman–Crippen MR) is 94.3 cm³/mol. The molecule has 2 aliphatic rings. The topological polar surface area (TPSA) is 73.2 Å². The number of aliphatic hydroxyl groups is 2. The lowest BCUT2D eigenvalue weighted by molar-refractivity contribution is -0.149. The van der Waals surface area contributed by atoms with Crippen molar-refractivity contribution in [3.63, 3.8) is 0 Å². The number of aliphatic hydroxyl groups excluding tert-OH is 1. The van der Waals surface area contributed by atoms with Gasteiger partial charge in [0.1, 0.15) is 29.6 Å². The molecule has 1 aromatic rings. The first-order chi connectivity index (χ1) is 12.8. The Labute approximate surface area is 157 Å². The number of β-amino-alcohol motifs (C(OH)–C–C–N with tert-alkyl or cyclic N) is 1. The molecule has 0 unspecified atom stereocenters. The largest absolute Gasteiger partial charge is 0.490 e. The number of likely N-dealkylation sites (tertiary alicyclic amines) is 2. The number of piperidine rings is 2. The van der Waals surface area contributed by atoms with Crippen LogP contribution >= 0.6 is 0 Å². The molecule has 1 amide bonds. The van der Waals surface area contributed by atoms with E-state index in [0.717, 1.165) is 31.0 Å². The molecule has 1 aromatic carbocycles. The van der Waals surface area contributed by atoms with Gasteiger partial charge in [-0.2, -0.15) is 0 Å². The van der Waals surface area contributed by atoms with E-state index in [9.17, 15) is 23.8 Å². The molecule has 27 heavy (non-hydrogen) atoms. The molecule has 0 bridgehead atoms. The second-order valence-corrected chi connectivity index (χ2v) is 7.51. The SMILES string of the molecule is CC(=O)N1CCC(N2CC[C@H](O)[C@@](O)(COc3cc(F)cc(F)c3)C2)CC1. The number of amides is 1. The number of carbonyl (C=O) groups is 1. The molecule has 2 aliphatic heterocycles. The Hall–Kier alpha value is -1.77. The van der Waals surface area contributed by atoms with Gasteiger partial charge in [-0.25, -0.2) is 8.78 Å². The molecule has 2 fully saturated rings. The Morgan fingerprint density at radius 1 is 1.19 bits per heavy atom. The molecule has 0 aromatic heterocycles. The Balaban J connectivity index is 1.61. The fourth-order valence-electron chi connectivity index (χ4n) is 3.91. The van der Waals surface area contributed by atoms with Crippen molar-refractivity contribution in [1.82, 2.24) is 9.80 Å². The van der Waals surface area contributed by atoms with Gasteiger partial charge < -0.3 is 19.8 Å². The Kier molecular flexibility index (Phi) is 5.98. The van der Waals surface area contributed by atoms with Crippen LogP contribution in [0.15, 0.2) is 18.2 Å². The van der Waals surface area contributed by atoms with Gasteiger partial charge in [-0.15, -0.1) is 0 Å². The molecule has 2 N–H and O–H groups in total. The normalized spacial score (nSPS) is 27.6. The van der Waals surface area contributed by atoms with Gasteiger partial charge >= 0.3 is 0 Å². The summed E-state index contributed by atoms with van der Waals surface area (Å²) in [4.78, 5) is 15.4. The molecule has 8 heteroatoms. The van der Waals surface area contributed by atoms with Crippen LogP contribution in [-0.4, -0.2) is 76.5 Å². The fourth-order valence-corrected chi connectivity index (χ4v) is 3.91. The lowest BCUT2D eigenvalue weighted by Gasteiger charge is -2.47. The highest BCUT2D eigenvalue weighted by Crippen LogP contribution is 2.28. The molecular formula is C19H26F2N2O4. The summed E-state index contributed by atoms with van der Waals surface area (Å²) < 4.78 is 32.0. The third-order valence-corrected chi connectivity index (χ3v) is 5.54. The van der Waals surface area contributed by atoms with Gasteiger partial charge in [0.05, 0.1) is 6.10 Å². The molecule has 150 valence electrons. The van der Waals surface area contributed by atoms with Gasteiger partial charge in [0.15, 0.2) is 0 Å². The number of hydrogen-bond acceptors (Lipinski definition) is 5. The van der Waals surface area contributed by atoms with Crippen LogP contribution in [0.4, 0.5) is 8.78 Å². The second kappa shape index (κ2) is 8.08. The zero-order chi connectivity index (χ0) is 19.6. The highest BCUT2D eigenvalue weighted by molar-refractivity contribution is 5.73. The third kappa shape index (κ3) is 4.75. The van der Waals surface area contributed by atoms with Crippen LogP contribution in [0.2, 0.25) is 0 Å². The lowest BCUT2D eigenvalue weighted by atomic mass is 9.88. The summed E-state index contributed by atoms with van der Waals surface area (Å²) in [7, 11) is 0. The van der Waals surface area contributed by atoms with Gasteiger partial charge in [-0.3, -0.25) is 9.69 Å². The molecule has 0 spiro atoms. The van der Waals surface area contributed by atoms with Crippen LogP contribution in [0.1, 0.15) is 26.2 Å². The molecule has 2 saturated heterocycles. The van der Waals surface area contributed by atoms with Gasteiger partial charge in [0.2, 0.25) is 5.91 Å². The zero-order valence-corrected chi connectivity index (χ0v) is 15.4. The van der Waals surface area contributed by atoms with Gasteiger partial charge in [-0.05, 0) is 19.3 Å². The molecular weight excluding hydrogens is 358 g/mol. The quantitative estimate of drug-likeness (QED) is 0.815. The Morgan fingerprint density at radius 3 is 2.41 bits per heavy atom. The maximum Gasteiger partial charge on any atom is 0.219 e. The van der Waals surface area contributed by atoms with Crippen molar-refractivity contribution in [3.8, 4) is 5.75 Å². The number of ether oxygens (including phenoxy) is 1. The molecule has 2 heterocycles. The average Bonchev–Trinajstić information content (AvgIpc) is 2.62. The Bertz CT molecular complexity index is 661. The Morgan fingerprint density at radius 2 is 1.81 bits per heavy atom. The fraction of sp³-hybridized carbons (Fsp3) is 0.632. The van der Waals surface area contributed by atoms with Crippen LogP contribution in [0.3, 0.4) is 0 Å². The van der Waals surface area contributed by atoms with Crippen molar-refractivity contribution in [2.75, 3.05) is 32.8 Å². The summed E-state index contributed by atoms with van der Waals surface area (Å²) in [5, 5.41) is 21.2. The van der Waals surface area contributed by atoms with Crippen LogP contribution in [0.25, 0.3) is 0 Å². The van der Waals surface area contributed by atoms with Crippen molar-refractivity contribution < 1.29 is 28.5 Å². The van der Waals surface area contributed by atoms with E-state index < -0.39 is 23.3 Å². The van der Waals surface area contributed by atoms with Gasteiger partial charge in [0.25, 0.3) is 0 Å². The number of benzene rings is 1. The highest BCUT2D eigenvalue weighted by Gasteiger charge is 2.44. The van der Waals surface area contributed by atoms with E-state index in [0.29, 0.717) is 26.1 Å². The van der Waals surface area contributed by atoms with Crippen LogP contribution in [0, 0.1) is 11.6 Å². The molecule has 0 saturated carbocycles. The predicted octanol–water partition coefficient (Wildman–Crippen LogP) is 1.15. The average molecular weight is 384 g/mol. The summed E-state index contributed by atoms with van der Waals surface area (Å²) in [6.07, 6.45) is 1.01. The van der Waals surface area contributed by atoms with Crippen LogP contribution < -0.4 is 4.74 Å². The number of hydrogen-bond donors (Lipinski definition) is 2. The maximum atomic E-state index is 13.3. The van der Waals surface area contributed by atoms with Crippen molar-refractivity contribution in [2.24, 2.45) is 0 Å². The van der Waals surface area contributed by atoms with Crippen LogP contribution in [0.5, 0.6) is 5.75 Å². The lowest BCUT2D eigenvalue weighted by Crippen LogP contribution is -2.62. The maximum absolute atomic E-state index is 13.3. The van der Waals surface area contributed by atoms with E-state index in [1.807, 2.05) is 4.90 Å². The van der Waals surface area contributed by atoms with Crippen molar-refractivity contribution >= 4 is 5.91 Å². The van der Waals surface area contributed by atoms with Crippen molar-refractivity contribution in [3.05, 3.63) is 29.8 Å². The standard InChI is InChI=1S/C19H26F2N2O4/c1-13(24)22-5-2-16(3-6-22)23-7-4-18(25)19(26,11-23)12-27-17-9-14(20)8-15(21)10-17/h8-10,16,18,25-26H,2-7,11-12H2,1H3/t18-,19-/m0/s1. The number of rotatable bonds is 4. The van der Waals surface area contributed by atoms with E-state index in [-0.39, 0.29) is 30.9 Å². The molecule has 2 atom stereocenters. The highest BCUT2D eigenvalue weighted by atomic mass is 19.1. The van der Waals surface area contributed by atoms with Crippen molar-refractivity contribution in [1.29, 1.82) is 0 Å². The van der Waals surface area contributed by atoms with E-state index in [4.69, 9.17) is 4.74 Å². The molecule has 0 radical (unpaired) electrons. The zero-order valence-electron chi connectivity index (χ0n) is 15.4. The summed E-state index contributed by atoms with van der Waals surface area (Å²) in [6.45, 7) is 3.50. The minimum Gasteiger partial charge on any atom is -0.490 e. The van der Waals surface area contributed by atoms with Crippen molar-refractivity contribution in [2.45, 2.75) is 43.9 Å². The number of nitrogens with zero attached hydrogens (tertiary/aromatic N) is 2. The third-order valence-electron chi connectivity index (χ3n) is 5.54. The first kappa shape index (κ1) is 20.0. The summed E-state index contributed by atoms with van der Waals surface area (Å²) in [6, 6.07) is 3.03. The first-order valence-corrected chi connectivity index (χ1v) is 9.26. The summed E-state index contributed by atoms with van der Waals surface area (Å²) in [5.74, 6) is -1.49. The summed E-state index contributed by atoms with van der Waals surface area (Å²) in [5.41, 5.74) is -1.53. The number of halogens is 2. The number of carbonyl (C=O) groups excluding carboxylic acids is 1. The molecule has 6 nitrogen and oxygen atoms in total. The monoisotopic (exact) mass is 384 g/mol. The summed E-state index contributed by atoms with van der Waals surface area (Å²) >= 11 is 0. The van der Waals surface area contributed by atoms with Gasteiger partial charge in [0, 0.05) is 57.3 Å². The molecule has 3 rings (SSSR count). The van der Waals surface area contributed by atoms with E-state index in [1.54, 1.807) is 6.92 Å². The second-order valence-electron chi connectivity index (χ2n) is 7.51. The smallest absolute Gasteiger partial charge is 0.219 e. The van der Waals surface area contributed by atoms with Crippen LogP contribution in [-0.2, 0) is 4.79 Å². The van der Waals surface area contributed by atoms with Gasteiger partial charge in [-0.1, -0.05) is 0 Å². The first-order valence-electron chi connectivity index (χ1n) is 9.26. The minimum atomic E-state index is -1.53. The molecule has 0 aliphatic carbocycles. The van der Waals surface area contributed by atoms with E-state index in [1.165, 1.54) is 0 Å².